The van der Waals surface area contributed by atoms with E-state index in [1.807, 2.05) is 18.2 Å². The third-order valence-corrected chi connectivity index (χ3v) is 5.50. The van der Waals surface area contributed by atoms with E-state index in [1.165, 1.54) is 12.8 Å². The van der Waals surface area contributed by atoms with Crippen molar-refractivity contribution < 1.29 is 14.3 Å². The van der Waals surface area contributed by atoms with Crippen LogP contribution in [-0.4, -0.2) is 41.9 Å². The number of amides is 2. The Balaban J connectivity index is 1.43. The van der Waals surface area contributed by atoms with Gasteiger partial charge in [0.2, 0.25) is 5.91 Å². The minimum absolute atomic E-state index is 0.00259. The van der Waals surface area contributed by atoms with Crippen molar-refractivity contribution in [1.82, 2.24) is 15.5 Å². The van der Waals surface area contributed by atoms with Crippen LogP contribution in [0.3, 0.4) is 0 Å². The molecule has 2 N–H and O–H groups in total. The van der Waals surface area contributed by atoms with Crippen molar-refractivity contribution in [3.05, 3.63) is 41.6 Å². The highest BCUT2D eigenvalue weighted by Crippen LogP contribution is 2.31. The molecule has 2 fully saturated rings. The molecule has 0 bridgehead atoms. The van der Waals surface area contributed by atoms with Gasteiger partial charge in [0.15, 0.2) is 0 Å². The smallest absolute Gasteiger partial charge is 0.255 e. The maximum atomic E-state index is 12.8. The Labute approximate surface area is 153 Å². The lowest BCUT2D eigenvalue weighted by Crippen LogP contribution is -2.45. The zero-order valence-electron chi connectivity index (χ0n) is 14.9. The maximum absolute atomic E-state index is 12.8. The SMILES string of the molecule is C=C1NC(=O)CCC1N1Cc2cc(OC[C@H]3CCCCN3)ccc2C1=O. The van der Waals surface area contributed by atoms with Crippen LogP contribution in [0.4, 0.5) is 0 Å². The van der Waals surface area contributed by atoms with Crippen LogP contribution in [0.15, 0.2) is 30.5 Å². The monoisotopic (exact) mass is 355 g/mol. The zero-order chi connectivity index (χ0) is 18.1. The second kappa shape index (κ2) is 7.11. The van der Waals surface area contributed by atoms with Gasteiger partial charge in [-0.1, -0.05) is 13.0 Å². The molecule has 1 unspecified atom stereocenters. The van der Waals surface area contributed by atoms with Crippen molar-refractivity contribution in [2.45, 2.75) is 50.7 Å². The Hall–Kier alpha value is -2.34. The van der Waals surface area contributed by atoms with Gasteiger partial charge in [0.25, 0.3) is 5.91 Å². The number of benzene rings is 1. The Kier molecular flexibility index (Phi) is 4.68. The van der Waals surface area contributed by atoms with Gasteiger partial charge >= 0.3 is 0 Å². The summed E-state index contributed by atoms with van der Waals surface area (Å²) in [6.45, 7) is 6.18. The number of fused-ring (bicyclic) bond motifs is 1. The lowest BCUT2D eigenvalue weighted by Gasteiger charge is -2.32. The van der Waals surface area contributed by atoms with Gasteiger partial charge in [-0.3, -0.25) is 9.59 Å². The summed E-state index contributed by atoms with van der Waals surface area (Å²) in [6, 6.07) is 5.97. The van der Waals surface area contributed by atoms with E-state index in [0.29, 0.717) is 37.7 Å². The number of nitrogens with zero attached hydrogens (tertiary/aromatic N) is 1. The summed E-state index contributed by atoms with van der Waals surface area (Å²) in [7, 11) is 0. The number of piperidine rings is 2. The molecule has 26 heavy (non-hydrogen) atoms. The second-order valence-corrected chi connectivity index (χ2v) is 7.34. The van der Waals surface area contributed by atoms with E-state index in [1.54, 1.807) is 4.90 Å². The number of carbonyl (C=O) groups excluding carboxylic acids is 2. The minimum atomic E-state index is -0.136. The van der Waals surface area contributed by atoms with E-state index in [9.17, 15) is 9.59 Å². The number of hydrogen-bond donors (Lipinski definition) is 2. The fourth-order valence-electron chi connectivity index (χ4n) is 4.04. The van der Waals surface area contributed by atoms with E-state index in [4.69, 9.17) is 4.74 Å². The van der Waals surface area contributed by atoms with Gasteiger partial charge in [0.05, 0.1) is 6.04 Å². The molecule has 0 aliphatic carbocycles. The molecule has 1 aromatic rings. The predicted molar refractivity (Wildman–Crippen MR) is 97.8 cm³/mol. The van der Waals surface area contributed by atoms with E-state index in [0.717, 1.165) is 29.8 Å². The van der Waals surface area contributed by atoms with E-state index in [-0.39, 0.29) is 17.9 Å². The Bertz CT molecular complexity index is 740. The Morgan fingerprint density at radius 2 is 2.12 bits per heavy atom. The quantitative estimate of drug-likeness (QED) is 0.866. The molecule has 0 aromatic heterocycles. The topological polar surface area (TPSA) is 70.7 Å². The van der Waals surface area contributed by atoms with Crippen LogP contribution < -0.4 is 15.4 Å². The number of nitrogens with one attached hydrogen (secondary N) is 2. The number of rotatable bonds is 4. The molecule has 6 heteroatoms. The molecule has 2 atom stereocenters. The van der Waals surface area contributed by atoms with Crippen molar-refractivity contribution in [3.8, 4) is 5.75 Å². The van der Waals surface area contributed by atoms with E-state index in [2.05, 4.69) is 17.2 Å². The van der Waals surface area contributed by atoms with Crippen LogP contribution in [0, 0.1) is 0 Å². The highest BCUT2D eigenvalue weighted by Gasteiger charge is 2.36. The van der Waals surface area contributed by atoms with E-state index >= 15 is 0 Å². The van der Waals surface area contributed by atoms with Gasteiger partial charge in [-0.2, -0.15) is 0 Å². The van der Waals surface area contributed by atoms with Crippen LogP contribution in [0.25, 0.3) is 0 Å². The first kappa shape index (κ1) is 17.1. The van der Waals surface area contributed by atoms with Gasteiger partial charge in [-0.25, -0.2) is 0 Å². The average Bonchev–Trinajstić information content (AvgIpc) is 2.97. The second-order valence-electron chi connectivity index (χ2n) is 7.34. The standard InChI is InChI=1S/C20H25N3O3/c1-13-18(7-8-19(24)22-13)23-11-14-10-16(5-6-17(14)20(23)25)26-12-15-4-2-3-9-21-15/h5-6,10,15,18,21H,1-4,7-9,11-12H2,(H,22,24)/t15-,18?/m1/s1. The molecule has 138 valence electrons. The molecule has 0 radical (unpaired) electrons. The van der Waals surface area contributed by atoms with Gasteiger partial charge in [0, 0.05) is 30.3 Å². The van der Waals surface area contributed by atoms with Crippen molar-refractivity contribution in [2.24, 2.45) is 0 Å². The lowest BCUT2D eigenvalue weighted by atomic mass is 10.0. The number of carbonyl (C=O) groups is 2. The highest BCUT2D eigenvalue weighted by molar-refractivity contribution is 5.99. The molecule has 3 aliphatic heterocycles. The lowest BCUT2D eigenvalue weighted by molar-refractivity contribution is -0.121. The van der Waals surface area contributed by atoms with E-state index < -0.39 is 0 Å². The van der Waals surface area contributed by atoms with Crippen LogP contribution in [0.2, 0.25) is 0 Å². The van der Waals surface area contributed by atoms with Gasteiger partial charge < -0.3 is 20.3 Å². The number of ether oxygens (including phenoxy) is 1. The summed E-state index contributed by atoms with van der Waals surface area (Å²) in [5.74, 6) is 0.784. The van der Waals surface area contributed by atoms with Crippen molar-refractivity contribution in [1.29, 1.82) is 0 Å². The largest absolute Gasteiger partial charge is 0.492 e. The third-order valence-electron chi connectivity index (χ3n) is 5.50. The molecule has 2 saturated heterocycles. The molecule has 1 aromatic carbocycles. The summed E-state index contributed by atoms with van der Waals surface area (Å²) in [6.07, 6.45) is 4.68. The Morgan fingerprint density at radius 3 is 2.88 bits per heavy atom. The first-order chi connectivity index (χ1) is 12.6. The molecule has 6 nitrogen and oxygen atoms in total. The minimum Gasteiger partial charge on any atom is -0.492 e. The van der Waals surface area contributed by atoms with Gasteiger partial charge in [-0.05, 0) is 49.6 Å². The van der Waals surface area contributed by atoms with Gasteiger partial charge in [-0.15, -0.1) is 0 Å². The summed E-state index contributed by atoms with van der Waals surface area (Å²) < 4.78 is 5.96. The summed E-state index contributed by atoms with van der Waals surface area (Å²) in [5.41, 5.74) is 2.31. The van der Waals surface area contributed by atoms with Crippen LogP contribution in [-0.2, 0) is 11.3 Å². The Morgan fingerprint density at radius 1 is 1.23 bits per heavy atom. The zero-order valence-corrected chi connectivity index (χ0v) is 14.9. The molecule has 3 heterocycles. The fourth-order valence-corrected chi connectivity index (χ4v) is 4.04. The summed E-state index contributed by atoms with van der Waals surface area (Å²) in [5, 5.41) is 6.24. The molecule has 0 spiro atoms. The molecular formula is C20H25N3O3. The average molecular weight is 355 g/mol. The van der Waals surface area contributed by atoms with Crippen molar-refractivity contribution in [3.63, 3.8) is 0 Å². The van der Waals surface area contributed by atoms with Gasteiger partial charge in [0.1, 0.15) is 12.4 Å². The van der Waals surface area contributed by atoms with Crippen molar-refractivity contribution >= 4 is 11.8 Å². The molecule has 2 amide bonds. The van der Waals surface area contributed by atoms with Crippen LogP contribution in [0.5, 0.6) is 5.75 Å². The predicted octanol–water partition coefficient (Wildman–Crippen LogP) is 1.96. The molecule has 4 rings (SSSR count). The molecular weight excluding hydrogens is 330 g/mol. The third kappa shape index (κ3) is 3.33. The summed E-state index contributed by atoms with van der Waals surface area (Å²) in [4.78, 5) is 26.0. The van der Waals surface area contributed by atoms with Crippen LogP contribution in [0.1, 0.15) is 48.0 Å². The molecule has 3 aliphatic rings. The first-order valence-electron chi connectivity index (χ1n) is 9.40. The fraction of sp³-hybridized carbons (Fsp3) is 0.500. The first-order valence-corrected chi connectivity index (χ1v) is 9.40. The van der Waals surface area contributed by atoms with Crippen LogP contribution >= 0.6 is 0 Å². The maximum Gasteiger partial charge on any atom is 0.255 e. The summed E-state index contributed by atoms with van der Waals surface area (Å²) >= 11 is 0. The normalized spacial score (nSPS) is 25.8. The highest BCUT2D eigenvalue weighted by atomic mass is 16.5. The van der Waals surface area contributed by atoms with Crippen molar-refractivity contribution in [2.75, 3.05) is 13.2 Å². The molecule has 0 saturated carbocycles. The number of hydrogen-bond acceptors (Lipinski definition) is 4.